The van der Waals surface area contributed by atoms with Crippen LogP contribution < -0.4 is 5.32 Å². The normalized spacial score (nSPS) is 10.3. The number of hydrogen-bond donors (Lipinski definition) is 1. The molecule has 1 aromatic carbocycles. The predicted octanol–water partition coefficient (Wildman–Crippen LogP) is 3.64. The fraction of sp³-hybridized carbons (Fsp3) is 0.154. The smallest absolute Gasteiger partial charge is 0.312 e. The number of para-hydroxylation sites is 1. The van der Waals surface area contributed by atoms with Crippen molar-refractivity contribution in [3.05, 3.63) is 56.7 Å². The number of hydrogen-bond acceptors (Lipinski definition) is 5. The number of nitro groups is 1. The van der Waals surface area contributed by atoms with Gasteiger partial charge in [0.25, 0.3) is 0 Å². The Labute approximate surface area is 124 Å². The zero-order valence-electron chi connectivity index (χ0n) is 10.7. The van der Waals surface area contributed by atoms with E-state index in [1.54, 1.807) is 7.11 Å². The number of nitrogens with zero attached hydrogens (tertiary/aromatic N) is 2. The summed E-state index contributed by atoms with van der Waals surface area (Å²) in [7, 11) is 1.59. The topological polar surface area (TPSA) is 77.3 Å². The molecule has 0 radical (unpaired) electrons. The first-order valence-electron chi connectivity index (χ1n) is 5.75. The van der Waals surface area contributed by atoms with Gasteiger partial charge in [0.05, 0.1) is 11.5 Å². The van der Waals surface area contributed by atoms with Gasteiger partial charge in [-0.2, -0.15) is 0 Å². The van der Waals surface area contributed by atoms with Crippen LogP contribution in [-0.2, 0) is 11.3 Å². The van der Waals surface area contributed by atoms with Crippen LogP contribution in [0.2, 0.25) is 0 Å². The van der Waals surface area contributed by atoms with Crippen LogP contribution in [0.25, 0.3) is 0 Å². The molecule has 20 heavy (non-hydrogen) atoms. The summed E-state index contributed by atoms with van der Waals surface area (Å²) in [5, 5.41) is 14.0. The summed E-state index contributed by atoms with van der Waals surface area (Å²) >= 11 is 3.17. The Morgan fingerprint density at radius 2 is 2.20 bits per heavy atom. The Bertz CT molecular complexity index is 634. The van der Waals surface area contributed by atoms with Crippen molar-refractivity contribution in [2.24, 2.45) is 0 Å². The molecule has 7 heteroatoms. The van der Waals surface area contributed by atoms with Crippen LogP contribution in [0.1, 0.15) is 5.56 Å². The lowest BCUT2D eigenvalue weighted by Gasteiger charge is -2.11. The molecule has 0 saturated heterocycles. The number of rotatable bonds is 5. The molecule has 0 atom stereocenters. The highest BCUT2D eigenvalue weighted by atomic mass is 79.9. The van der Waals surface area contributed by atoms with Gasteiger partial charge in [0.15, 0.2) is 0 Å². The number of benzene rings is 1. The molecule has 0 aliphatic heterocycles. The van der Waals surface area contributed by atoms with Crippen LogP contribution >= 0.6 is 15.9 Å². The Balaban J connectivity index is 2.37. The zero-order chi connectivity index (χ0) is 14.5. The Morgan fingerprint density at radius 1 is 1.45 bits per heavy atom. The number of halogens is 1. The molecule has 104 valence electrons. The van der Waals surface area contributed by atoms with E-state index in [4.69, 9.17) is 4.74 Å². The maximum atomic E-state index is 11.1. The number of nitrogens with one attached hydrogen (secondary N) is 1. The molecular formula is C13H12BrN3O3. The van der Waals surface area contributed by atoms with Crippen molar-refractivity contribution in [1.29, 1.82) is 0 Å². The number of pyridine rings is 1. The van der Waals surface area contributed by atoms with Gasteiger partial charge >= 0.3 is 5.69 Å². The molecule has 1 aromatic heterocycles. The summed E-state index contributed by atoms with van der Waals surface area (Å²) in [6, 6.07) is 8.84. The molecule has 1 heterocycles. The minimum absolute atomic E-state index is 0.0911. The molecule has 1 N–H and O–H groups in total. The molecule has 0 saturated carbocycles. The maximum absolute atomic E-state index is 11.1. The van der Waals surface area contributed by atoms with Gasteiger partial charge in [0, 0.05) is 35.1 Å². The van der Waals surface area contributed by atoms with Crippen molar-refractivity contribution in [3.63, 3.8) is 0 Å². The van der Waals surface area contributed by atoms with E-state index in [1.807, 2.05) is 24.3 Å². The molecule has 0 aliphatic rings. The number of methoxy groups -OCH3 is 1. The molecule has 6 nitrogen and oxygen atoms in total. The largest absolute Gasteiger partial charge is 0.380 e. The molecule has 0 bridgehead atoms. The first-order valence-corrected chi connectivity index (χ1v) is 6.55. The monoisotopic (exact) mass is 337 g/mol. The molecule has 0 fully saturated rings. The van der Waals surface area contributed by atoms with Gasteiger partial charge < -0.3 is 10.1 Å². The van der Waals surface area contributed by atoms with Gasteiger partial charge in [0.2, 0.25) is 5.82 Å². The summed E-state index contributed by atoms with van der Waals surface area (Å²) < 4.78 is 5.66. The summed E-state index contributed by atoms with van der Waals surface area (Å²) in [4.78, 5) is 14.6. The van der Waals surface area contributed by atoms with Crippen LogP contribution in [0.3, 0.4) is 0 Å². The lowest BCUT2D eigenvalue weighted by molar-refractivity contribution is -0.384. The van der Waals surface area contributed by atoms with Crippen LogP contribution in [0, 0.1) is 10.1 Å². The van der Waals surface area contributed by atoms with E-state index in [0.29, 0.717) is 11.1 Å². The lowest BCUT2D eigenvalue weighted by atomic mass is 10.2. The Hall–Kier alpha value is -1.99. The van der Waals surface area contributed by atoms with Crippen molar-refractivity contribution in [1.82, 2.24) is 4.98 Å². The third kappa shape index (κ3) is 3.31. The number of aromatic nitrogens is 1. The first-order chi connectivity index (χ1) is 9.61. The third-order valence-corrected chi connectivity index (χ3v) is 3.03. The lowest BCUT2D eigenvalue weighted by Crippen LogP contribution is -2.02. The average Bonchev–Trinajstić information content (AvgIpc) is 2.43. The average molecular weight is 338 g/mol. The standard InChI is InChI=1S/C13H12BrN3O3/c1-20-8-9-4-2-3-5-11(9)16-13-12(17(18)19)6-10(14)7-15-13/h2-7H,8H2,1H3,(H,15,16). The van der Waals surface area contributed by atoms with Crippen LogP contribution in [0.4, 0.5) is 17.2 Å². The SMILES string of the molecule is COCc1ccccc1Nc1ncc(Br)cc1[N+](=O)[O-]. The third-order valence-electron chi connectivity index (χ3n) is 2.60. The molecule has 0 amide bonds. The van der Waals surface area contributed by atoms with E-state index in [-0.39, 0.29) is 11.5 Å². The molecule has 2 aromatic rings. The van der Waals surface area contributed by atoms with Crippen LogP contribution in [-0.4, -0.2) is 17.0 Å². The molecule has 0 unspecified atom stereocenters. The zero-order valence-corrected chi connectivity index (χ0v) is 12.3. The quantitative estimate of drug-likeness (QED) is 0.665. The van der Waals surface area contributed by atoms with Gasteiger partial charge in [-0.3, -0.25) is 10.1 Å². The van der Waals surface area contributed by atoms with E-state index in [1.165, 1.54) is 12.3 Å². The van der Waals surface area contributed by atoms with Crippen molar-refractivity contribution >= 4 is 33.1 Å². The van der Waals surface area contributed by atoms with E-state index >= 15 is 0 Å². The molecule has 0 aliphatic carbocycles. The second kappa shape index (κ2) is 6.44. The predicted molar refractivity (Wildman–Crippen MR) is 79.0 cm³/mol. The van der Waals surface area contributed by atoms with Gasteiger partial charge in [-0.05, 0) is 22.0 Å². The Kier molecular flexibility index (Phi) is 4.65. The fourth-order valence-corrected chi connectivity index (χ4v) is 2.03. The second-order valence-corrected chi connectivity index (χ2v) is 4.91. The highest BCUT2D eigenvalue weighted by Crippen LogP contribution is 2.29. The summed E-state index contributed by atoms with van der Waals surface area (Å²) in [6.45, 7) is 0.410. The van der Waals surface area contributed by atoms with Crippen molar-refractivity contribution in [3.8, 4) is 0 Å². The summed E-state index contributed by atoms with van der Waals surface area (Å²) in [5.74, 6) is 0.196. The number of ether oxygens (including phenoxy) is 1. The highest BCUT2D eigenvalue weighted by Gasteiger charge is 2.16. The summed E-state index contributed by atoms with van der Waals surface area (Å²) in [5.41, 5.74) is 1.54. The van der Waals surface area contributed by atoms with Crippen LogP contribution in [0.5, 0.6) is 0 Å². The van der Waals surface area contributed by atoms with E-state index in [2.05, 4.69) is 26.2 Å². The second-order valence-electron chi connectivity index (χ2n) is 3.99. The van der Waals surface area contributed by atoms with Crippen molar-refractivity contribution in [2.45, 2.75) is 6.61 Å². The Morgan fingerprint density at radius 3 is 2.90 bits per heavy atom. The van der Waals surface area contributed by atoms with E-state index in [9.17, 15) is 10.1 Å². The first kappa shape index (κ1) is 14.4. The minimum atomic E-state index is -0.473. The fourth-order valence-electron chi connectivity index (χ4n) is 1.72. The maximum Gasteiger partial charge on any atom is 0.312 e. The van der Waals surface area contributed by atoms with Gasteiger partial charge in [0.1, 0.15) is 0 Å². The van der Waals surface area contributed by atoms with Crippen molar-refractivity contribution in [2.75, 3.05) is 12.4 Å². The van der Waals surface area contributed by atoms with Crippen LogP contribution in [0.15, 0.2) is 41.0 Å². The highest BCUT2D eigenvalue weighted by molar-refractivity contribution is 9.10. The summed E-state index contributed by atoms with van der Waals surface area (Å²) in [6.07, 6.45) is 1.51. The molecule has 0 spiro atoms. The van der Waals surface area contributed by atoms with Gasteiger partial charge in [-0.25, -0.2) is 4.98 Å². The van der Waals surface area contributed by atoms with Gasteiger partial charge in [-0.1, -0.05) is 18.2 Å². The van der Waals surface area contributed by atoms with Crippen molar-refractivity contribution < 1.29 is 9.66 Å². The minimum Gasteiger partial charge on any atom is -0.380 e. The number of anilines is 2. The van der Waals surface area contributed by atoms with E-state index < -0.39 is 4.92 Å². The van der Waals surface area contributed by atoms with E-state index in [0.717, 1.165) is 11.3 Å². The van der Waals surface area contributed by atoms with Gasteiger partial charge in [-0.15, -0.1) is 0 Å². The molecule has 2 rings (SSSR count). The molecular weight excluding hydrogens is 326 g/mol.